The number of nitrogens with two attached hydrogens (primary N) is 1. The molecule has 1 aromatic carbocycles. The Morgan fingerprint density at radius 3 is 2.86 bits per heavy atom. The van der Waals surface area contributed by atoms with E-state index in [9.17, 15) is 4.79 Å². The molecule has 0 bridgehead atoms. The lowest BCUT2D eigenvalue weighted by atomic mass is 9.91. The van der Waals surface area contributed by atoms with Crippen molar-refractivity contribution < 1.29 is 0 Å². The molecule has 0 aliphatic carbocycles. The van der Waals surface area contributed by atoms with Gasteiger partial charge in [-0.2, -0.15) is 4.98 Å². The molecule has 1 atom stereocenters. The normalized spacial score (nSPS) is 17.1. The number of hydrogen-bond donors (Lipinski definition) is 3. The zero-order chi connectivity index (χ0) is 14.8. The van der Waals surface area contributed by atoms with Gasteiger partial charge in [0.05, 0.1) is 5.56 Å². The van der Waals surface area contributed by atoms with Crippen molar-refractivity contribution in [2.24, 2.45) is 5.92 Å². The highest BCUT2D eigenvalue weighted by molar-refractivity contribution is 5.48. The molecule has 0 amide bonds. The number of nitrogens with one attached hydrogen (secondary N) is 2. The summed E-state index contributed by atoms with van der Waals surface area (Å²) in [6, 6.07) is 8.63. The van der Waals surface area contributed by atoms with Crippen molar-refractivity contribution >= 4 is 11.8 Å². The van der Waals surface area contributed by atoms with Gasteiger partial charge >= 0.3 is 0 Å². The number of aromatic nitrogens is 2. The van der Waals surface area contributed by atoms with E-state index in [4.69, 9.17) is 5.73 Å². The molecular formula is C16H20N4O. The van der Waals surface area contributed by atoms with E-state index in [-0.39, 0.29) is 11.5 Å². The standard InChI is InChI=1S/C16H20N4O/c1-10-2-4-11(5-3-10)6-7-12-8-13-14(18-9-12)19-16(17)20-15(13)21/h2-5,12H,6-9H2,1H3,(H4,17,18,19,20,21)/t12-/m1/s1. The number of hydrogen-bond acceptors (Lipinski definition) is 4. The summed E-state index contributed by atoms with van der Waals surface area (Å²) in [6.45, 7) is 2.94. The molecule has 2 aromatic rings. The number of aromatic amines is 1. The van der Waals surface area contributed by atoms with Gasteiger partial charge in [-0.05, 0) is 37.7 Å². The first kappa shape index (κ1) is 13.7. The second-order valence-corrected chi connectivity index (χ2v) is 5.75. The third-order valence-corrected chi connectivity index (χ3v) is 4.05. The van der Waals surface area contributed by atoms with E-state index in [1.165, 1.54) is 11.1 Å². The van der Waals surface area contributed by atoms with Crippen LogP contribution in [-0.2, 0) is 12.8 Å². The van der Waals surface area contributed by atoms with Gasteiger partial charge in [0.25, 0.3) is 5.56 Å². The molecule has 1 aliphatic heterocycles. The molecule has 0 saturated carbocycles. The average molecular weight is 284 g/mol. The molecule has 0 spiro atoms. The van der Waals surface area contributed by atoms with Crippen LogP contribution in [0.1, 0.15) is 23.1 Å². The van der Waals surface area contributed by atoms with Crippen molar-refractivity contribution in [1.82, 2.24) is 9.97 Å². The molecule has 1 aliphatic rings. The molecular weight excluding hydrogens is 264 g/mol. The average Bonchev–Trinajstić information content (AvgIpc) is 2.47. The Morgan fingerprint density at radius 1 is 1.33 bits per heavy atom. The fraction of sp³-hybridized carbons (Fsp3) is 0.375. The van der Waals surface area contributed by atoms with Crippen molar-refractivity contribution in [2.45, 2.75) is 26.2 Å². The van der Waals surface area contributed by atoms with E-state index >= 15 is 0 Å². The van der Waals surface area contributed by atoms with Crippen LogP contribution in [0, 0.1) is 12.8 Å². The summed E-state index contributed by atoms with van der Waals surface area (Å²) in [6.07, 6.45) is 2.85. The summed E-state index contributed by atoms with van der Waals surface area (Å²) in [5.41, 5.74) is 8.79. The molecule has 4 N–H and O–H groups in total. The van der Waals surface area contributed by atoms with E-state index in [2.05, 4.69) is 46.5 Å². The van der Waals surface area contributed by atoms with E-state index in [1.807, 2.05) is 0 Å². The second kappa shape index (κ2) is 5.60. The van der Waals surface area contributed by atoms with Gasteiger partial charge in [0.2, 0.25) is 5.95 Å². The SMILES string of the molecule is Cc1ccc(CC[C@H]2CNc3nc(N)[nH]c(=O)c3C2)cc1. The minimum Gasteiger partial charge on any atom is -0.369 e. The summed E-state index contributed by atoms with van der Waals surface area (Å²) < 4.78 is 0. The monoisotopic (exact) mass is 284 g/mol. The largest absolute Gasteiger partial charge is 0.369 e. The van der Waals surface area contributed by atoms with Crippen molar-refractivity contribution in [1.29, 1.82) is 0 Å². The van der Waals surface area contributed by atoms with Gasteiger partial charge < -0.3 is 11.1 Å². The number of fused-ring (bicyclic) bond motifs is 1. The van der Waals surface area contributed by atoms with Gasteiger partial charge in [0.15, 0.2) is 0 Å². The van der Waals surface area contributed by atoms with Crippen LogP contribution in [0.25, 0.3) is 0 Å². The van der Waals surface area contributed by atoms with Gasteiger partial charge in [0, 0.05) is 6.54 Å². The van der Waals surface area contributed by atoms with Crippen LogP contribution in [0.5, 0.6) is 0 Å². The quantitative estimate of drug-likeness (QED) is 0.803. The Labute approximate surface area is 123 Å². The first-order valence-electron chi connectivity index (χ1n) is 7.30. The predicted molar refractivity (Wildman–Crippen MR) is 84.5 cm³/mol. The van der Waals surface area contributed by atoms with Crippen LogP contribution in [-0.4, -0.2) is 16.5 Å². The molecule has 5 nitrogen and oxygen atoms in total. The van der Waals surface area contributed by atoms with Crippen molar-refractivity contribution in [3.63, 3.8) is 0 Å². The first-order valence-corrected chi connectivity index (χ1v) is 7.30. The summed E-state index contributed by atoms with van der Waals surface area (Å²) in [7, 11) is 0. The van der Waals surface area contributed by atoms with E-state index in [0.717, 1.165) is 31.4 Å². The molecule has 21 heavy (non-hydrogen) atoms. The van der Waals surface area contributed by atoms with Crippen LogP contribution in [0.4, 0.5) is 11.8 Å². The summed E-state index contributed by atoms with van der Waals surface area (Å²) in [4.78, 5) is 18.6. The maximum absolute atomic E-state index is 11.9. The Hall–Kier alpha value is -2.30. The Bertz CT molecular complexity index is 690. The highest BCUT2D eigenvalue weighted by Crippen LogP contribution is 2.23. The van der Waals surface area contributed by atoms with Gasteiger partial charge in [-0.25, -0.2) is 0 Å². The minimum atomic E-state index is -0.120. The van der Waals surface area contributed by atoms with E-state index < -0.39 is 0 Å². The lowest BCUT2D eigenvalue weighted by Gasteiger charge is -2.24. The number of H-pyrrole nitrogens is 1. The highest BCUT2D eigenvalue weighted by Gasteiger charge is 2.22. The predicted octanol–water partition coefficient (Wildman–Crippen LogP) is 1.88. The van der Waals surface area contributed by atoms with Crippen molar-refractivity contribution in [3.8, 4) is 0 Å². The Kier molecular flexibility index (Phi) is 3.64. The molecule has 0 radical (unpaired) electrons. The third-order valence-electron chi connectivity index (χ3n) is 4.05. The zero-order valence-electron chi connectivity index (χ0n) is 12.1. The zero-order valence-corrected chi connectivity index (χ0v) is 12.1. The van der Waals surface area contributed by atoms with Gasteiger partial charge in [0.1, 0.15) is 5.82 Å². The van der Waals surface area contributed by atoms with Crippen LogP contribution in [0.15, 0.2) is 29.1 Å². The van der Waals surface area contributed by atoms with Crippen LogP contribution < -0.4 is 16.6 Å². The number of aryl methyl sites for hydroxylation is 2. The topological polar surface area (TPSA) is 83.8 Å². The minimum absolute atomic E-state index is 0.120. The molecule has 110 valence electrons. The fourth-order valence-corrected chi connectivity index (χ4v) is 2.78. The molecule has 0 unspecified atom stereocenters. The van der Waals surface area contributed by atoms with Crippen LogP contribution >= 0.6 is 0 Å². The van der Waals surface area contributed by atoms with Gasteiger partial charge in [-0.3, -0.25) is 9.78 Å². The molecule has 3 rings (SSSR count). The van der Waals surface area contributed by atoms with E-state index in [1.54, 1.807) is 0 Å². The van der Waals surface area contributed by atoms with Crippen LogP contribution in [0.2, 0.25) is 0 Å². The highest BCUT2D eigenvalue weighted by atomic mass is 16.1. The maximum atomic E-state index is 11.9. The number of anilines is 2. The number of nitrogens with zero attached hydrogens (tertiary/aromatic N) is 1. The molecule has 0 saturated heterocycles. The lowest BCUT2D eigenvalue weighted by molar-refractivity contribution is 0.491. The Balaban J connectivity index is 1.66. The number of nitrogen functional groups attached to an aromatic ring is 1. The fourth-order valence-electron chi connectivity index (χ4n) is 2.78. The first-order chi connectivity index (χ1) is 10.1. The van der Waals surface area contributed by atoms with Gasteiger partial charge in [-0.15, -0.1) is 0 Å². The molecule has 0 fully saturated rings. The number of benzene rings is 1. The summed E-state index contributed by atoms with van der Waals surface area (Å²) in [5, 5.41) is 3.23. The lowest BCUT2D eigenvalue weighted by Crippen LogP contribution is -2.30. The van der Waals surface area contributed by atoms with Gasteiger partial charge in [-0.1, -0.05) is 29.8 Å². The van der Waals surface area contributed by atoms with E-state index in [0.29, 0.717) is 11.7 Å². The second-order valence-electron chi connectivity index (χ2n) is 5.75. The third kappa shape index (κ3) is 3.07. The maximum Gasteiger partial charge on any atom is 0.257 e. The summed E-state index contributed by atoms with van der Waals surface area (Å²) >= 11 is 0. The Morgan fingerprint density at radius 2 is 2.10 bits per heavy atom. The van der Waals surface area contributed by atoms with Crippen LogP contribution in [0.3, 0.4) is 0 Å². The molecule has 2 heterocycles. The molecule has 5 heteroatoms. The van der Waals surface area contributed by atoms with Crippen molar-refractivity contribution in [3.05, 3.63) is 51.3 Å². The van der Waals surface area contributed by atoms with Crippen molar-refractivity contribution in [2.75, 3.05) is 17.6 Å². The smallest absolute Gasteiger partial charge is 0.257 e. The molecule has 1 aromatic heterocycles. The summed E-state index contributed by atoms with van der Waals surface area (Å²) in [5.74, 6) is 1.26. The number of rotatable bonds is 3.